The number of rotatable bonds is 1. The highest BCUT2D eigenvalue weighted by molar-refractivity contribution is 5.54. The lowest BCUT2D eigenvalue weighted by Gasteiger charge is -2.21. The van der Waals surface area contributed by atoms with Crippen molar-refractivity contribution in [1.82, 2.24) is 5.73 Å². The summed E-state index contributed by atoms with van der Waals surface area (Å²) in [6.45, 7) is 1.70. The van der Waals surface area contributed by atoms with Crippen LogP contribution in [0, 0.1) is 0 Å². The van der Waals surface area contributed by atoms with Gasteiger partial charge in [0.2, 0.25) is 0 Å². The molecule has 0 bridgehead atoms. The Kier molecular flexibility index (Phi) is 2.57. The van der Waals surface area contributed by atoms with Crippen LogP contribution in [-0.2, 0) is 12.8 Å². The van der Waals surface area contributed by atoms with Crippen LogP contribution in [0.25, 0.3) is 0 Å². The van der Waals surface area contributed by atoms with Gasteiger partial charge in [0.25, 0.3) is 0 Å². The summed E-state index contributed by atoms with van der Waals surface area (Å²) in [7, 11) is 0. The maximum atomic E-state index is 10.00. The maximum Gasteiger partial charge on any atom is 0.124 e. The van der Waals surface area contributed by atoms with E-state index < -0.39 is 6.04 Å². The molecular formula is C12H16NO2. The molecule has 0 heterocycles. The van der Waals surface area contributed by atoms with E-state index in [-0.39, 0.29) is 11.5 Å². The fourth-order valence-electron chi connectivity index (χ4n) is 2.26. The Hall–Kier alpha value is -1.22. The zero-order valence-corrected chi connectivity index (χ0v) is 8.88. The number of aromatic hydroxyl groups is 2. The summed E-state index contributed by atoms with van der Waals surface area (Å²) >= 11 is 0. The second-order valence-electron chi connectivity index (χ2n) is 4.22. The molecule has 0 saturated heterocycles. The van der Waals surface area contributed by atoms with Crippen LogP contribution in [0.15, 0.2) is 6.07 Å². The third-order valence-corrected chi connectivity index (χ3v) is 3.10. The molecule has 0 amide bonds. The molecule has 0 aromatic heterocycles. The molecule has 3 nitrogen and oxygen atoms in total. The van der Waals surface area contributed by atoms with Crippen LogP contribution in [0.4, 0.5) is 0 Å². The Bertz CT molecular complexity index is 386. The van der Waals surface area contributed by atoms with Crippen LogP contribution in [0.3, 0.4) is 0 Å². The quantitative estimate of drug-likeness (QED) is 0.692. The second kappa shape index (κ2) is 3.74. The normalized spacial score (nSPS) is 17.2. The largest absolute Gasteiger partial charge is 0.508 e. The van der Waals surface area contributed by atoms with Crippen molar-refractivity contribution in [2.45, 2.75) is 38.6 Å². The van der Waals surface area contributed by atoms with Gasteiger partial charge in [0.1, 0.15) is 11.5 Å². The van der Waals surface area contributed by atoms with E-state index >= 15 is 0 Å². The van der Waals surface area contributed by atoms with Crippen molar-refractivity contribution >= 4 is 0 Å². The van der Waals surface area contributed by atoms with Crippen LogP contribution in [-0.4, -0.2) is 10.2 Å². The fraction of sp³-hybridized carbons (Fsp3) is 0.500. The first kappa shape index (κ1) is 10.3. The summed E-state index contributed by atoms with van der Waals surface area (Å²) in [5.41, 5.74) is 9.87. The summed E-state index contributed by atoms with van der Waals surface area (Å²) in [6, 6.07) is 1.04. The van der Waals surface area contributed by atoms with E-state index in [1.165, 1.54) is 6.07 Å². The maximum absolute atomic E-state index is 10.00. The Morgan fingerprint density at radius 2 is 1.80 bits per heavy atom. The molecule has 81 valence electrons. The lowest BCUT2D eigenvalue weighted by Crippen LogP contribution is -2.06. The van der Waals surface area contributed by atoms with Gasteiger partial charge in [-0.25, -0.2) is 5.73 Å². The molecule has 1 aromatic rings. The third kappa shape index (κ3) is 1.67. The molecule has 1 radical (unpaired) electrons. The summed E-state index contributed by atoms with van der Waals surface area (Å²) < 4.78 is 0. The molecule has 1 aliphatic carbocycles. The zero-order chi connectivity index (χ0) is 11.0. The minimum absolute atomic E-state index is 0.227. The van der Waals surface area contributed by atoms with Crippen LogP contribution in [0.1, 0.15) is 42.5 Å². The number of phenolic OH excluding ortho intramolecular Hbond substituents is 2. The molecule has 1 aromatic carbocycles. The lowest BCUT2D eigenvalue weighted by molar-refractivity contribution is 0.430. The van der Waals surface area contributed by atoms with Gasteiger partial charge in [0.15, 0.2) is 0 Å². The second-order valence-corrected chi connectivity index (χ2v) is 4.22. The van der Waals surface area contributed by atoms with Crippen molar-refractivity contribution in [3.63, 3.8) is 0 Å². The van der Waals surface area contributed by atoms with Gasteiger partial charge in [-0.05, 0) is 38.7 Å². The minimum atomic E-state index is -0.497. The van der Waals surface area contributed by atoms with E-state index in [0.29, 0.717) is 5.56 Å². The molecule has 0 saturated carbocycles. The van der Waals surface area contributed by atoms with Crippen molar-refractivity contribution in [3.05, 3.63) is 22.8 Å². The molecule has 1 unspecified atom stereocenters. The van der Waals surface area contributed by atoms with Gasteiger partial charge in [-0.3, -0.25) is 0 Å². The average Bonchev–Trinajstić information content (AvgIpc) is 2.23. The van der Waals surface area contributed by atoms with Gasteiger partial charge >= 0.3 is 0 Å². The number of hydrogen-bond acceptors (Lipinski definition) is 2. The van der Waals surface area contributed by atoms with Crippen molar-refractivity contribution in [2.24, 2.45) is 0 Å². The predicted molar refractivity (Wildman–Crippen MR) is 57.9 cm³/mol. The zero-order valence-electron chi connectivity index (χ0n) is 8.88. The van der Waals surface area contributed by atoms with Crippen molar-refractivity contribution in [3.8, 4) is 11.5 Å². The Morgan fingerprint density at radius 3 is 2.40 bits per heavy atom. The molecule has 1 aliphatic rings. The minimum Gasteiger partial charge on any atom is -0.508 e. The number of phenols is 2. The summed E-state index contributed by atoms with van der Waals surface area (Å²) in [5.74, 6) is 0.474. The molecule has 0 spiro atoms. The van der Waals surface area contributed by atoms with Gasteiger partial charge in [-0.2, -0.15) is 0 Å². The van der Waals surface area contributed by atoms with E-state index in [4.69, 9.17) is 5.73 Å². The predicted octanol–water partition coefficient (Wildman–Crippen LogP) is 2.32. The molecule has 3 heteroatoms. The van der Waals surface area contributed by atoms with Gasteiger partial charge < -0.3 is 10.2 Å². The van der Waals surface area contributed by atoms with E-state index in [0.717, 1.165) is 36.8 Å². The number of hydrogen-bond donors (Lipinski definition) is 2. The summed E-state index contributed by atoms with van der Waals surface area (Å²) in [4.78, 5) is 0. The number of benzene rings is 1. The van der Waals surface area contributed by atoms with E-state index in [1.807, 2.05) is 0 Å². The molecule has 2 rings (SSSR count). The Labute approximate surface area is 89.5 Å². The average molecular weight is 206 g/mol. The molecule has 0 fully saturated rings. The highest BCUT2D eigenvalue weighted by Gasteiger charge is 2.21. The van der Waals surface area contributed by atoms with Gasteiger partial charge in [0.05, 0.1) is 0 Å². The van der Waals surface area contributed by atoms with Gasteiger partial charge in [-0.1, -0.05) is 0 Å². The molecule has 15 heavy (non-hydrogen) atoms. The highest BCUT2D eigenvalue weighted by Crippen LogP contribution is 2.39. The SMILES string of the molecule is CC([NH])c1cc(O)c2c(c1O)CCCC2. The van der Waals surface area contributed by atoms with E-state index in [2.05, 4.69) is 0 Å². The molecule has 1 atom stereocenters. The Balaban J connectivity index is 2.59. The van der Waals surface area contributed by atoms with E-state index in [9.17, 15) is 10.2 Å². The first-order valence-corrected chi connectivity index (χ1v) is 5.39. The lowest BCUT2D eigenvalue weighted by atomic mass is 9.87. The smallest absolute Gasteiger partial charge is 0.124 e. The molecular weight excluding hydrogens is 190 g/mol. The van der Waals surface area contributed by atoms with Crippen LogP contribution >= 0.6 is 0 Å². The van der Waals surface area contributed by atoms with E-state index in [1.54, 1.807) is 6.92 Å². The first-order valence-electron chi connectivity index (χ1n) is 5.39. The van der Waals surface area contributed by atoms with Crippen molar-refractivity contribution < 1.29 is 10.2 Å². The topological polar surface area (TPSA) is 64.3 Å². The molecule has 3 N–H and O–H groups in total. The molecule has 0 aliphatic heterocycles. The van der Waals surface area contributed by atoms with Crippen molar-refractivity contribution in [2.75, 3.05) is 0 Å². The number of nitrogens with one attached hydrogen (secondary N) is 1. The first-order chi connectivity index (χ1) is 7.11. The summed E-state index contributed by atoms with van der Waals surface area (Å²) in [5, 5.41) is 19.8. The van der Waals surface area contributed by atoms with Crippen molar-refractivity contribution in [1.29, 1.82) is 0 Å². The van der Waals surface area contributed by atoms with Gasteiger partial charge in [-0.15, -0.1) is 0 Å². The highest BCUT2D eigenvalue weighted by atomic mass is 16.3. The monoisotopic (exact) mass is 206 g/mol. The third-order valence-electron chi connectivity index (χ3n) is 3.10. The van der Waals surface area contributed by atoms with Crippen LogP contribution in [0.2, 0.25) is 0 Å². The van der Waals surface area contributed by atoms with Gasteiger partial charge in [0, 0.05) is 22.7 Å². The number of fused-ring (bicyclic) bond motifs is 1. The summed E-state index contributed by atoms with van der Waals surface area (Å²) in [6.07, 6.45) is 3.77. The fourth-order valence-corrected chi connectivity index (χ4v) is 2.26. The van der Waals surface area contributed by atoms with Crippen LogP contribution < -0.4 is 5.73 Å². The standard InChI is InChI=1S/C12H16NO2/c1-7(13)10-6-11(14)8-4-2-3-5-9(8)12(10)15/h6-7,13-15H,2-5H2,1H3. The van der Waals surface area contributed by atoms with Crippen LogP contribution in [0.5, 0.6) is 11.5 Å². The Morgan fingerprint density at radius 1 is 1.20 bits per heavy atom.